The maximum absolute atomic E-state index is 13.0. The van der Waals surface area contributed by atoms with E-state index in [0.717, 1.165) is 49.2 Å². The minimum atomic E-state index is -0.309. The summed E-state index contributed by atoms with van der Waals surface area (Å²) in [5.41, 5.74) is 1.60. The zero-order chi connectivity index (χ0) is 26.9. The Balaban J connectivity index is 1.32. The van der Waals surface area contributed by atoms with Gasteiger partial charge in [0, 0.05) is 55.4 Å². The second-order valence-corrected chi connectivity index (χ2v) is 10.1. The van der Waals surface area contributed by atoms with Crippen molar-refractivity contribution in [2.45, 2.75) is 27.2 Å². The number of benzene rings is 2. The molecule has 0 saturated carbocycles. The summed E-state index contributed by atoms with van der Waals surface area (Å²) >= 11 is 7.40. The van der Waals surface area contributed by atoms with Crippen LogP contribution >= 0.6 is 22.9 Å². The summed E-state index contributed by atoms with van der Waals surface area (Å²) in [6.45, 7) is 11.8. The summed E-state index contributed by atoms with van der Waals surface area (Å²) in [5, 5.41) is 13.4. The molecule has 38 heavy (non-hydrogen) atoms. The van der Waals surface area contributed by atoms with E-state index in [-0.39, 0.29) is 5.91 Å². The number of amides is 1. The van der Waals surface area contributed by atoms with E-state index in [4.69, 9.17) is 25.8 Å². The van der Waals surface area contributed by atoms with Gasteiger partial charge >= 0.3 is 0 Å². The smallest absolute Gasteiger partial charge is 0.257 e. The highest BCUT2D eigenvalue weighted by Crippen LogP contribution is 2.39. The van der Waals surface area contributed by atoms with Gasteiger partial charge in [-0.2, -0.15) is 0 Å². The van der Waals surface area contributed by atoms with E-state index in [1.807, 2.05) is 32.9 Å². The normalized spacial score (nSPS) is 13.8. The number of nitrogens with one attached hydrogen (secondary N) is 1. The Hall–Kier alpha value is -3.08. The molecule has 3 aromatic rings. The van der Waals surface area contributed by atoms with Crippen LogP contribution in [-0.2, 0) is 6.42 Å². The number of piperazine rings is 1. The van der Waals surface area contributed by atoms with Crippen LogP contribution in [0.25, 0.3) is 0 Å². The number of ether oxygens (including phenoxy) is 3. The lowest BCUT2D eigenvalue weighted by Crippen LogP contribution is -2.46. The van der Waals surface area contributed by atoms with E-state index in [1.165, 1.54) is 17.0 Å². The highest BCUT2D eigenvalue weighted by Gasteiger charge is 2.20. The Morgan fingerprint density at radius 3 is 2.18 bits per heavy atom. The fourth-order valence-electron chi connectivity index (χ4n) is 4.23. The van der Waals surface area contributed by atoms with Crippen LogP contribution in [-0.4, -0.2) is 73.5 Å². The molecule has 0 aliphatic carbocycles. The number of carbonyl (C=O) groups is 1. The molecule has 1 aromatic heterocycles. The van der Waals surface area contributed by atoms with E-state index < -0.39 is 0 Å². The highest BCUT2D eigenvalue weighted by molar-refractivity contribution is 7.15. The van der Waals surface area contributed by atoms with Crippen molar-refractivity contribution in [2.24, 2.45) is 0 Å². The molecule has 0 unspecified atom stereocenters. The van der Waals surface area contributed by atoms with Gasteiger partial charge in [-0.15, -0.1) is 10.2 Å². The second-order valence-electron chi connectivity index (χ2n) is 8.61. The fourth-order valence-corrected chi connectivity index (χ4v) is 5.08. The summed E-state index contributed by atoms with van der Waals surface area (Å²) in [5.74, 6) is 1.13. The Kier molecular flexibility index (Phi) is 10.0. The summed E-state index contributed by atoms with van der Waals surface area (Å²) in [6.07, 6.45) is 0.778. The fraction of sp³-hybridized carbons (Fsp3) is 0.444. The topological polar surface area (TPSA) is 89.0 Å². The summed E-state index contributed by atoms with van der Waals surface area (Å²) in [4.78, 5) is 17.8. The van der Waals surface area contributed by atoms with Gasteiger partial charge in [-0.05, 0) is 57.2 Å². The van der Waals surface area contributed by atoms with Crippen LogP contribution in [0.15, 0.2) is 36.4 Å². The minimum absolute atomic E-state index is 0.309. The predicted molar refractivity (Wildman–Crippen MR) is 152 cm³/mol. The van der Waals surface area contributed by atoms with Gasteiger partial charge in [0.25, 0.3) is 5.91 Å². The third-order valence-electron chi connectivity index (χ3n) is 6.06. The molecule has 0 spiro atoms. The molecule has 1 fully saturated rings. The molecule has 11 heteroatoms. The van der Waals surface area contributed by atoms with Gasteiger partial charge in [-0.1, -0.05) is 22.9 Å². The molecular formula is C27H34ClN5O4S. The van der Waals surface area contributed by atoms with Crippen LogP contribution in [0, 0.1) is 0 Å². The molecule has 2 aromatic carbocycles. The number of nitrogens with zero attached hydrogens (tertiary/aromatic N) is 4. The van der Waals surface area contributed by atoms with Crippen molar-refractivity contribution in [3.8, 4) is 17.2 Å². The van der Waals surface area contributed by atoms with E-state index in [2.05, 4.69) is 37.4 Å². The lowest BCUT2D eigenvalue weighted by Gasteiger charge is -2.36. The summed E-state index contributed by atoms with van der Waals surface area (Å²) in [7, 11) is 0. The molecule has 9 nitrogen and oxygen atoms in total. The molecule has 0 radical (unpaired) electrons. The van der Waals surface area contributed by atoms with Crippen molar-refractivity contribution < 1.29 is 19.0 Å². The molecule has 204 valence electrons. The number of carbonyl (C=O) groups excluding carboxylic acids is 1. The SMILES string of the molecule is CCOc1cc(C(=O)Nc2nnc(CCN3CCN(c4ccc(Cl)cc4)CC3)s2)cc(OCC)c1OCC. The Morgan fingerprint density at radius 2 is 1.58 bits per heavy atom. The van der Waals surface area contributed by atoms with Gasteiger partial charge < -0.3 is 19.1 Å². The van der Waals surface area contributed by atoms with Crippen molar-refractivity contribution in [1.29, 1.82) is 0 Å². The van der Waals surface area contributed by atoms with Crippen molar-refractivity contribution >= 4 is 39.7 Å². The number of anilines is 2. The van der Waals surface area contributed by atoms with Crippen LogP contribution in [0.5, 0.6) is 17.2 Å². The maximum Gasteiger partial charge on any atom is 0.257 e. The average Bonchev–Trinajstić information content (AvgIpc) is 3.37. The van der Waals surface area contributed by atoms with Crippen LogP contribution in [0.1, 0.15) is 36.1 Å². The van der Waals surface area contributed by atoms with Crippen molar-refractivity contribution in [3.63, 3.8) is 0 Å². The quantitative estimate of drug-likeness (QED) is 0.331. The highest BCUT2D eigenvalue weighted by atomic mass is 35.5. The van der Waals surface area contributed by atoms with Gasteiger partial charge in [0.05, 0.1) is 19.8 Å². The number of hydrogen-bond acceptors (Lipinski definition) is 9. The Bertz CT molecular complexity index is 1170. The van der Waals surface area contributed by atoms with Gasteiger partial charge in [-0.3, -0.25) is 15.0 Å². The number of halogens is 1. The molecule has 4 rings (SSSR count). The van der Waals surface area contributed by atoms with E-state index >= 15 is 0 Å². The summed E-state index contributed by atoms with van der Waals surface area (Å²) in [6, 6.07) is 11.3. The molecule has 1 N–H and O–H groups in total. The zero-order valence-corrected chi connectivity index (χ0v) is 23.6. The van der Waals surface area contributed by atoms with Gasteiger partial charge in [0.2, 0.25) is 10.9 Å². The lowest BCUT2D eigenvalue weighted by molar-refractivity contribution is 0.102. The molecule has 2 heterocycles. The zero-order valence-electron chi connectivity index (χ0n) is 22.0. The van der Waals surface area contributed by atoms with Crippen LogP contribution in [0.4, 0.5) is 10.8 Å². The molecular weight excluding hydrogens is 526 g/mol. The van der Waals surface area contributed by atoms with Crippen LogP contribution in [0.2, 0.25) is 5.02 Å². The maximum atomic E-state index is 13.0. The number of aromatic nitrogens is 2. The third kappa shape index (κ3) is 7.27. The van der Waals surface area contributed by atoms with Gasteiger partial charge in [-0.25, -0.2) is 0 Å². The van der Waals surface area contributed by atoms with E-state index in [1.54, 1.807) is 12.1 Å². The first-order chi connectivity index (χ1) is 18.5. The molecule has 0 bridgehead atoms. The van der Waals surface area contributed by atoms with Crippen molar-refractivity contribution in [3.05, 3.63) is 52.0 Å². The number of rotatable bonds is 12. The molecule has 1 amide bonds. The molecule has 1 aliphatic rings. The number of hydrogen-bond donors (Lipinski definition) is 1. The van der Waals surface area contributed by atoms with E-state index in [9.17, 15) is 4.79 Å². The van der Waals surface area contributed by atoms with E-state index in [0.29, 0.717) is 47.8 Å². The van der Waals surface area contributed by atoms with Gasteiger partial charge in [0.15, 0.2) is 11.5 Å². The first-order valence-electron chi connectivity index (χ1n) is 12.9. The first kappa shape index (κ1) is 27.9. The minimum Gasteiger partial charge on any atom is -0.490 e. The third-order valence-corrected chi connectivity index (χ3v) is 7.22. The van der Waals surface area contributed by atoms with Crippen molar-refractivity contribution in [2.75, 3.05) is 62.8 Å². The largest absolute Gasteiger partial charge is 0.490 e. The molecule has 1 saturated heterocycles. The Morgan fingerprint density at radius 1 is 0.947 bits per heavy atom. The lowest BCUT2D eigenvalue weighted by atomic mass is 10.1. The van der Waals surface area contributed by atoms with Crippen molar-refractivity contribution in [1.82, 2.24) is 15.1 Å². The predicted octanol–water partition coefficient (Wildman–Crippen LogP) is 5.00. The molecule has 0 atom stereocenters. The monoisotopic (exact) mass is 559 g/mol. The van der Waals surface area contributed by atoms with Crippen LogP contribution in [0.3, 0.4) is 0 Å². The van der Waals surface area contributed by atoms with Gasteiger partial charge in [0.1, 0.15) is 5.01 Å². The van der Waals surface area contributed by atoms with Crippen LogP contribution < -0.4 is 24.4 Å². The first-order valence-corrected chi connectivity index (χ1v) is 14.1. The Labute approximate surface area is 232 Å². The summed E-state index contributed by atoms with van der Waals surface area (Å²) < 4.78 is 17.2. The standard InChI is InChI=1S/C27H34ClN5O4S/c1-4-35-22-17-19(18-23(36-5-2)25(22)37-6-3)26(34)29-27-31-30-24(38-27)11-12-32-13-15-33(16-14-32)21-9-7-20(28)8-10-21/h7-10,17-18H,4-6,11-16H2,1-3H3,(H,29,31,34). The average molecular weight is 560 g/mol. The second kappa shape index (κ2) is 13.6. The molecule has 1 aliphatic heterocycles.